The van der Waals surface area contributed by atoms with Crippen LogP contribution in [0.2, 0.25) is 5.02 Å². The molecule has 2 atom stereocenters. The Morgan fingerprint density at radius 3 is 2.83 bits per heavy atom. The van der Waals surface area contributed by atoms with E-state index in [1.54, 1.807) is 12.1 Å². The van der Waals surface area contributed by atoms with Gasteiger partial charge in [0.25, 0.3) is 0 Å². The Bertz CT molecular complexity index is 376. The molecule has 1 rings (SSSR count). The number of benzene rings is 1. The van der Waals surface area contributed by atoms with Crippen molar-refractivity contribution in [2.75, 3.05) is 5.75 Å². The van der Waals surface area contributed by atoms with E-state index < -0.39 is 0 Å². The molecule has 0 radical (unpaired) electrons. The molecule has 1 aromatic rings. The SMILES string of the molecule is CCC(C)SCC(Cc1cc(Cl)ccc1F)NN. The van der Waals surface area contributed by atoms with E-state index in [9.17, 15) is 4.39 Å². The van der Waals surface area contributed by atoms with Crippen molar-refractivity contribution in [2.45, 2.75) is 38.0 Å². The van der Waals surface area contributed by atoms with Crippen molar-refractivity contribution >= 4 is 23.4 Å². The molecule has 5 heteroatoms. The van der Waals surface area contributed by atoms with Crippen molar-refractivity contribution in [3.8, 4) is 0 Å². The first-order chi connectivity index (χ1) is 8.56. The summed E-state index contributed by atoms with van der Waals surface area (Å²) in [4.78, 5) is 0. The van der Waals surface area contributed by atoms with Crippen LogP contribution < -0.4 is 11.3 Å². The van der Waals surface area contributed by atoms with Gasteiger partial charge in [0.2, 0.25) is 0 Å². The van der Waals surface area contributed by atoms with Crippen LogP contribution in [-0.2, 0) is 6.42 Å². The lowest BCUT2D eigenvalue weighted by atomic mass is 10.1. The fourth-order valence-electron chi connectivity index (χ4n) is 1.53. The van der Waals surface area contributed by atoms with Gasteiger partial charge in [-0.1, -0.05) is 25.4 Å². The van der Waals surface area contributed by atoms with Crippen LogP contribution in [0.15, 0.2) is 18.2 Å². The van der Waals surface area contributed by atoms with Crippen molar-refractivity contribution < 1.29 is 4.39 Å². The van der Waals surface area contributed by atoms with Gasteiger partial charge >= 0.3 is 0 Å². The number of nitrogens with two attached hydrogens (primary N) is 1. The average molecular weight is 291 g/mol. The lowest BCUT2D eigenvalue weighted by molar-refractivity contribution is 0.546. The third-order valence-corrected chi connectivity index (χ3v) is 4.60. The van der Waals surface area contributed by atoms with Crippen LogP contribution in [0.1, 0.15) is 25.8 Å². The van der Waals surface area contributed by atoms with Gasteiger partial charge in [-0.3, -0.25) is 11.3 Å². The van der Waals surface area contributed by atoms with Crippen molar-refractivity contribution in [3.63, 3.8) is 0 Å². The van der Waals surface area contributed by atoms with Gasteiger partial charge in [0, 0.05) is 22.1 Å². The van der Waals surface area contributed by atoms with Crippen LogP contribution in [0, 0.1) is 5.82 Å². The van der Waals surface area contributed by atoms with Gasteiger partial charge < -0.3 is 0 Å². The fourth-order valence-corrected chi connectivity index (χ4v) is 2.73. The summed E-state index contributed by atoms with van der Waals surface area (Å²) >= 11 is 7.71. The Kier molecular flexibility index (Phi) is 7.00. The van der Waals surface area contributed by atoms with E-state index in [1.807, 2.05) is 11.8 Å². The zero-order chi connectivity index (χ0) is 13.5. The number of hydrogen-bond donors (Lipinski definition) is 2. The van der Waals surface area contributed by atoms with E-state index in [0.29, 0.717) is 22.3 Å². The minimum atomic E-state index is -0.229. The van der Waals surface area contributed by atoms with Gasteiger partial charge in [-0.2, -0.15) is 11.8 Å². The normalized spacial score (nSPS) is 14.5. The second-order valence-corrected chi connectivity index (χ2v) is 6.26. The summed E-state index contributed by atoms with van der Waals surface area (Å²) in [6.07, 6.45) is 1.67. The van der Waals surface area contributed by atoms with Gasteiger partial charge in [-0.15, -0.1) is 0 Å². The molecule has 2 unspecified atom stereocenters. The highest BCUT2D eigenvalue weighted by molar-refractivity contribution is 7.99. The number of hydrazine groups is 1. The fraction of sp³-hybridized carbons (Fsp3) is 0.538. The second kappa shape index (κ2) is 8.00. The van der Waals surface area contributed by atoms with Gasteiger partial charge in [-0.05, 0) is 36.6 Å². The molecular weight excluding hydrogens is 271 g/mol. The van der Waals surface area contributed by atoms with Crippen molar-refractivity contribution in [3.05, 3.63) is 34.6 Å². The van der Waals surface area contributed by atoms with E-state index >= 15 is 0 Å². The first kappa shape index (κ1) is 15.8. The highest BCUT2D eigenvalue weighted by Gasteiger charge is 2.13. The Morgan fingerprint density at radius 1 is 1.50 bits per heavy atom. The zero-order valence-electron chi connectivity index (χ0n) is 10.7. The van der Waals surface area contributed by atoms with Crippen molar-refractivity contribution in [1.82, 2.24) is 5.43 Å². The summed E-state index contributed by atoms with van der Waals surface area (Å²) in [6.45, 7) is 4.33. The maximum atomic E-state index is 13.6. The summed E-state index contributed by atoms with van der Waals surface area (Å²) in [5.74, 6) is 6.15. The molecule has 0 fully saturated rings. The summed E-state index contributed by atoms with van der Waals surface area (Å²) in [5, 5.41) is 1.14. The van der Waals surface area contributed by atoms with E-state index in [0.717, 1.165) is 12.2 Å². The van der Waals surface area contributed by atoms with E-state index in [1.165, 1.54) is 6.07 Å². The molecule has 0 aliphatic heterocycles. The molecule has 3 N–H and O–H groups in total. The molecule has 0 spiro atoms. The smallest absolute Gasteiger partial charge is 0.126 e. The lowest BCUT2D eigenvalue weighted by Gasteiger charge is -2.18. The molecule has 18 heavy (non-hydrogen) atoms. The maximum absolute atomic E-state index is 13.6. The average Bonchev–Trinajstić information content (AvgIpc) is 2.37. The summed E-state index contributed by atoms with van der Waals surface area (Å²) in [6, 6.07) is 4.67. The maximum Gasteiger partial charge on any atom is 0.126 e. The Morgan fingerprint density at radius 2 is 2.22 bits per heavy atom. The van der Waals surface area contributed by atoms with Crippen LogP contribution in [0.3, 0.4) is 0 Å². The summed E-state index contributed by atoms with van der Waals surface area (Å²) < 4.78 is 13.6. The van der Waals surface area contributed by atoms with Crippen LogP contribution >= 0.6 is 23.4 Å². The lowest BCUT2D eigenvalue weighted by Crippen LogP contribution is -2.39. The molecule has 1 aromatic carbocycles. The van der Waals surface area contributed by atoms with Crippen LogP contribution in [0.5, 0.6) is 0 Å². The standard InChI is InChI=1S/C13H20ClFN2S/c1-3-9(2)18-8-12(17-16)7-10-6-11(14)4-5-13(10)15/h4-6,9,12,17H,3,7-8,16H2,1-2H3. The first-order valence-corrected chi connectivity index (χ1v) is 7.51. The second-order valence-electron chi connectivity index (χ2n) is 4.36. The molecule has 102 valence electrons. The predicted molar refractivity (Wildman–Crippen MR) is 78.4 cm³/mol. The highest BCUT2D eigenvalue weighted by Crippen LogP contribution is 2.19. The molecular formula is C13H20ClFN2S. The van der Waals surface area contributed by atoms with Crippen LogP contribution in [0.4, 0.5) is 4.39 Å². The largest absolute Gasteiger partial charge is 0.271 e. The van der Waals surface area contributed by atoms with E-state index in [2.05, 4.69) is 19.3 Å². The van der Waals surface area contributed by atoms with Crippen molar-refractivity contribution in [2.24, 2.45) is 5.84 Å². The molecule has 0 saturated heterocycles. The number of thioether (sulfide) groups is 1. The quantitative estimate of drug-likeness (QED) is 0.597. The minimum absolute atomic E-state index is 0.0527. The molecule has 0 amide bonds. The third-order valence-electron chi connectivity index (χ3n) is 2.87. The van der Waals surface area contributed by atoms with Gasteiger partial charge in [0.1, 0.15) is 5.82 Å². The predicted octanol–water partition coefficient (Wildman–Crippen LogP) is 3.39. The number of rotatable bonds is 7. The molecule has 0 aromatic heterocycles. The van der Waals surface area contributed by atoms with Gasteiger partial charge in [0.05, 0.1) is 0 Å². The van der Waals surface area contributed by atoms with Gasteiger partial charge in [0.15, 0.2) is 0 Å². The number of hydrogen-bond acceptors (Lipinski definition) is 3. The van der Waals surface area contributed by atoms with Crippen LogP contribution in [0.25, 0.3) is 0 Å². The number of nitrogens with one attached hydrogen (secondary N) is 1. The number of halogens is 2. The Hall–Kier alpha value is -0.290. The summed E-state index contributed by atoms with van der Waals surface area (Å²) in [7, 11) is 0. The summed E-state index contributed by atoms with van der Waals surface area (Å²) in [5.41, 5.74) is 3.35. The van der Waals surface area contributed by atoms with Crippen molar-refractivity contribution in [1.29, 1.82) is 0 Å². The van der Waals surface area contributed by atoms with Crippen LogP contribution in [-0.4, -0.2) is 17.0 Å². The monoisotopic (exact) mass is 290 g/mol. The zero-order valence-corrected chi connectivity index (χ0v) is 12.3. The Labute approximate surface area is 117 Å². The molecule has 0 aliphatic carbocycles. The molecule has 2 nitrogen and oxygen atoms in total. The Balaban J connectivity index is 2.59. The molecule has 0 bridgehead atoms. The molecule has 0 heterocycles. The van der Waals surface area contributed by atoms with Gasteiger partial charge in [-0.25, -0.2) is 4.39 Å². The molecule has 0 aliphatic rings. The highest BCUT2D eigenvalue weighted by atomic mass is 35.5. The third kappa shape index (κ3) is 5.14. The first-order valence-electron chi connectivity index (χ1n) is 6.08. The minimum Gasteiger partial charge on any atom is -0.271 e. The molecule has 0 saturated carbocycles. The van der Waals surface area contributed by atoms with E-state index in [4.69, 9.17) is 17.4 Å². The topological polar surface area (TPSA) is 38.0 Å². The van der Waals surface area contributed by atoms with E-state index in [-0.39, 0.29) is 11.9 Å².